The van der Waals surface area contributed by atoms with Crippen LogP contribution in [0.5, 0.6) is 0 Å². The molecule has 4 aromatic carbocycles. The Kier molecular flexibility index (Phi) is 8.93. The Balaban J connectivity index is 1.48. The van der Waals surface area contributed by atoms with Crippen molar-refractivity contribution in [1.29, 1.82) is 0 Å². The van der Waals surface area contributed by atoms with Gasteiger partial charge in [-0.1, -0.05) is 72.8 Å². The van der Waals surface area contributed by atoms with Gasteiger partial charge in [0.15, 0.2) is 6.10 Å². The monoisotopic (exact) mass is 580 g/mol. The van der Waals surface area contributed by atoms with Crippen LogP contribution in [0.4, 0.5) is 0 Å². The van der Waals surface area contributed by atoms with Crippen LogP contribution in [0.3, 0.4) is 0 Å². The van der Waals surface area contributed by atoms with Crippen LogP contribution in [-0.4, -0.2) is 54.6 Å². The summed E-state index contributed by atoms with van der Waals surface area (Å²) in [6.07, 6.45) is -4.07. The van der Waals surface area contributed by atoms with Gasteiger partial charge in [0.25, 0.3) is 0 Å². The predicted octanol–water partition coefficient (Wildman–Crippen LogP) is 5.27. The number of rotatable bonds is 9. The largest absolute Gasteiger partial charge is 0.459 e. The molecule has 1 aliphatic heterocycles. The van der Waals surface area contributed by atoms with Crippen LogP contribution in [0.2, 0.25) is 0 Å². The standard InChI is InChI=1S/C34H28O9/c1-34(43-32(38)26-20-12-5-13-21-26)28(41-30(36)24-16-8-3-9-17-24)27(22-39-29(35)23-14-6-2-7-15-23)40-33(34)42-31(37)25-18-10-4-11-19-25/h2-21,27-28,33H,22H2,1H3/t27-,28?,33?,34-/m1/s1. The summed E-state index contributed by atoms with van der Waals surface area (Å²) in [4.78, 5) is 52.5. The van der Waals surface area contributed by atoms with Crippen molar-refractivity contribution in [3.8, 4) is 0 Å². The molecular weight excluding hydrogens is 552 g/mol. The third kappa shape index (κ3) is 6.79. The van der Waals surface area contributed by atoms with E-state index in [1.807, 2.05) is 0 Å². The maximum Gasteiger partial charge on any atom is 0.340 e. The Morgan fingerprint density at radius 2 is 0.977 bits per heavy atom. The highest BCUT2D eigenvalue weighted by Gasteiger charge is 2.61. The minimum Gasteiger partial charge on any atom is -0.459 e. The third-order valence-electron chi connectivity index (χ3n) is 6.85. The number of benzene rings is 4. The maximum atomic E-state index is 13.3. The van der Waals surface area contributed by atoms with Gasteiger partial charge in [-0.25, -0.2) is 19.2 Å². The molecular formula is C34H28O9. The molecule has 1 saturated heterocycles. The lowest BCUT2D eigenvalue weighted by molar-refractivity contribution is -0.175. The summed E-state index contributed by atoms with van der Waals surface area (Å²) in [5.74, 6) is -2.92. The highest BCUT2D eigenvalue weighted by Crippen LogP contribution is 2.39. The summed E-state index contributed by atoms with van der Waals surface area (Å²) in [7, 11) is 0. The number of carbonyl (C=O) groups excluding carboxylic acids is 4. The van der Waals surface area contributed by atoms with E-state index in [0.29, 0.717) is 5.56 Å². The topological polar surface area (TPSA) is 114 Å². The van der Waals surface area contributed by atoms with E-state index < -0.39 is 54.6 Å². The van der Waals surface area contributed by atoms with E-state index in [0.717, 1.165) is 0 Å². The molecule has 4 atom stereocenters. The van der Waals surface area contributed by atoms with Crippen LogP contribution in [0, 0.1) is 0 Å². The molecule has 0 aliphatic carbocycles. The SMILES string of the molecule is C[C@]1(OC(=O)c2ccccc2)C(OC(=O)c2ccccc2)O[C@H](COC(=O)c2ccccc2)C1OC(=O)c1ccccc1. The van der Waals surface area contributed by atoms with E-state index in [9.17, 15) is 19.2 Å². The van der Waals surface area contributed by atoms with Crippen molar-refractivity contribution in [2.24, 2.45) is 0 Å². The molecule has 2 unspecified atom stereocenters. The first-order valence-corrected chi connectivity index (χ1v) is 13.5. The van der Waals surface area contributed by atoms with Crippen LogP contribution < -0.4 is 0 Å². The van der Waals surface area contributed by atoms with Crippen molar-refractivity contribution in [3.05, 3.63) is 144 Å². The molecule has 1 heterocycles. The molecule has 218 valence electrons. The van der Waals surface area contributed by atoms with Crippen LogP contribution >= 0.6 is 0 Å². The zero-order valence-corrected chi connectivity index (χ0v) is 23.2. The minimum atomic E-state index is -1.86. The van der Waals surface area contributed by atoms with Gasteiger partial charge in [-0.15, -0.1) is 0 Å². The molecule has 1 aliphatic rings. The van der Waals surface area contributed by atoms with Crippen LogP contribution in [0.15, 0.2) is 121 Å². The Labute approximate surface area is 247 Å². The lowest BCUT2D eigenvalue weighted by atomic mass is 9.96. The molecule has 1 fully saturated rings. The number of hydrogen-bond donors (Lipinski definition) is 0. The highest BCUT2D eigenvalue weighted by atomic mass is 16.8. The van der Waals surface area contributed by atoms with E-state index in [-0.39, 0.29) is 16.7 Å². The lowest BCUT2D eigenvalue weighted by Gasteiger charge is -2.33. The molecule has 0 saturated carbocycles. The maximum absolute atomic E-state index is 13.3. The normalized spacial score (nSPS) is 20.9. The van der Waals surface area contributed by atoms with Crippen molar-refractivity contribution in [2.75, 3.05) is 6.61 Å². The molecule has 0 radical (unpaired) electrons. The van der Waals surface area contributed by atoms with Crippen molar-refractivity contribution < 1.29 is 42.9 Å². The third-order valence-corrected chi connectivity index (χ3v) is 6.85. The number of hydrogen-bond acceptors (Lipinski definition) is 9. The fourth-order valence-corrected chi connectivity index (χ4v) is 4.58. The predicted molar refractivity (Wildman–Crippen MR) is 153 cm³/mol. The molecule has 9 nitrogen and oxygen atoms in total. The van der Waals surface area contributed by atoms with Crippen LogP contribution in [0.1, 0.15) is 48.4 Å². The highest BCUT2D eigenvalue weighted by molar-refractivity contribution is 5.91. The molecule has 5 rings (SSSR count). The van der Waals surface area contributed by atoms with Gasteiger partial charge in [0.05, 0.1) is 22.3 Å². The molecule has 0 N–H and O–H groups in total. The van der Waals surface area contributed by atoms with Gasteiger partial charge in [-0.2, -0.15) is 0 Å². The summed E-state index contributed by atoms with van der Waals surface area (Å²) < 4.78 is 29.1. The summed E-state index contributed by atoms with van der Waals surface area (Å²) in [6, 6.07) is 32.8. The fraction of sp³-hybridized carbons (Fsp3) is 0.176. The first-order valence-electron chi connectivity index (χ1n) is 13.5. The number of esters is 4. The van der Waals surface area contributed by atoms with Gasteiger partial charge in [0, 0.05) is 0 Å². The second kappa shape index (κ2) is 13.1. The lowest BCUT2D eigenvalue weighted by Crippen LogP contribution is -2.53. The minimum absolute atomic E-state index is 0.212. The molecule has 0 aromatic heterocycles. The smallest absolute Gasteiger partial charge is 0.340 e. The Morgan fingerprint density at radius 3 is 1.44 bits per heavy atom. The Hall–Kier alpha value is -5.28. The molecule has 43 heavy (non-hydrogen) atoms. The van der Waals surface area contributed by atoms with Gasteiger partial charge >= 0.3 is 23.9 Å². The molecule has 0 amide bonds. The average Bonchev–Trinajstić information content (AvgIpc) is 3.30. The van der Waals surface area contributed by atoms with Gasteiger partial charge in [-0.05, 0) is 55.5 Å². The van der Waals surface area contributed by atoms with Crippen LogP contribution in [0.25, 0.3) is 0 Å². The van der Waals surface area contributed by atoms with Gasteiger partial charge in [0.1, 0.15) is 12.7 Å². The van der Waals surface area contributed by atoms with Crippen LogP contribution in [-0.2, 0) is 23.7 Å². The molecule has 4 aromatic rings. The second-order valence-corrected chi connectivity index (χ2v) is 9.87. The summed E-state index contributed by atoms with van der Waals surface area (Å²) in [5, 5.41) is 0. The summed E-state index contributed by atoms with van der Waals surface area (Å²) >= 11 is 0. The van der Waals surface area contributed by atoms with Crippen molar-refractivity contribution in [2.45, 2.75) is 31.0 Å². The fourth-order valence-electron chi connectivity index (χ4n) is 4.58. The van der Waals surface area contributed by atoms with Crippen molar-refractivity contribution >= 4 is 23.9 Å². The Morgan fingerprint density at radius 1 is 0.581 bits per heavy atom. The van der Waals surface area contributed by atoms with Gasteiger partial charge < -0.3 is 23.7 Å². The van der Waals surface area contributed by atoms with Gasteiger partial charge in [0.2, 0.25) is 11.9 Å². The number of carbonyl (C=O) groups is 4. The van der Waals surface area contributed by atoms with E-state index >= 15 is 0 Å². The van der Waals surface area contributed by atoms with E-state index in [1.165, 1.54) is 6.92 Å². The quantitative estimate of drug-likeness (QED) is 0.193. The van der Waals surface area contributed by atoms with E-state index in [4.69, 9.17) is 23.7 Å². The zero-order valence-electron chi connectivity index (χ0n) is 23.2. The Bertz CT molecular complexity index is 1560. The van der Waals surface area contributed by atoms with Crippen molar-refractivity contribution in [1.82, 2.24) is 0 Å². The summed E-state index contributed by atoms with van der Waals surface area (Å²) in [5.41, 5.74) is -0.901. The average molecular weight is 581 g/mol. The first kappa shape index (κ1) is 29.2. The van der Waals surface area contributed by atoms with E-state index in [2.05, 4.69) is 0 Å². The van der Waals surface area contributed by atoms with Gasteiger partial charge in [-0.3, -0.25) is 0 Å². The van der Waals surface area contributed by atoms with E-state index in [1.54, 1.807) is 121 Å². The molecule has 0 bridgehead atoms. The zero-order chi connectivity index (χ0) is 30.2. The first-order chi connectivity index (χ1) is 20.8. The number of ether oxygens (including phenoxy) is 5. The molecule has 9 heteroatoms. The molecule has 0 spiro atoms. The van der Waals surface area contributed by atoms with Crippen molar-refractivity contribution in [3.63, 3.8) is 0 Å². The summed E-state index contributed by atoms with van der Waals surface area (Å²) in [6.45, 7) is 1.04. The second-order valence-electron chi connectivity index (χ2n) is 9.87.